The van der Waals surface area contributed by atoms with Crippen molar-refractivity contribution in [1.82, 2.24) is 11.0 Å². The van der Waals surface area contributed by atoms with E-state index in [1.807, 2.05) is 24.3 Å². The molecule has 1 aromatic carbocycles. The van der Waals surface area contributed by atoms with E-state index in [9.17, 15) is 0 Å². The van der Waals surface area contributed by atoms with Gasteiger partial charge in [0.15, 0.2) is 0 Å². The number of rotatable bonds is 4. The number of nitrogens with one attached hydrogen (secondary N) is 2. The van der Waals surface area contributed by atoms with Crippen LogP contribution in [0.25, 0.3) is 0 Å². The van der Waals surface area contributed by atoms with Crippen LogP contribution in [0.3, 0.4) is 0 Å². The molecule has 0 saturated carbocycles. The van der Waals surface area contributed by atoms with Crippen LogP contribution in [-0.2, 0) is 13.1 Å². The van der Waals surface area contributed by atoms with Gasteiger partial charge in [-0.1, -0.05) is 24.3 Å². The van der Waals surface area contributed by atoms with Gasteiger partial charge in [-0.15, -0.1) is 0 Å². The lowest BCUT2D eigenvalue weighted by atomic mass is 10.1. The summed E-state index contributed by atoms with van der Waals surface area (Å²) < 4.78 is 0. The third kappa shape index (κ3) is 2.60. The van der Waals surface area contributed by atoms with Crippen molar-refractivity contribution in [2.75, 3.05) is 0 Å². The van der Waals surface area contributed by atoms with Gasteiger partial charge in [-0.05, 0) is 11.1 Å². The molecule has 4 N–H and O–H groups in total. The molecule has 66 valence electrons. The Kier molecular flexibility index (Phi) is 3.69. The van der Waals surface area contributed by atoms with E-state index < -0.39 is 0 Å². The average molecular weight is 168 g/mol. The molecular formula is C8H12N2O2. The second kappa shape index (κ2) is 4.84. The van der Waals surface area contributed by atoms with E-state index in [0.29, 0.717) is 13.1 Å². The van der Waals surface area contributed by atoms with E-state index in [2.05, 4.69) is 11.0 Å². The van der Waals surface area contributed by atoms with Crippen molar-refractivity contribution in [3.05, 3.63) is 35.4 Å². The molecule has 0 saturated heterocycles. The van der Waals surface area contributed by atoms with Crippen LogP contribution in [0.4, 0.5) is 0 Å². The number of hydrogen-bond donors (Lipinski definition) is 4. The molecule has 0 radical (unpaired) electrons. The Labute approximate surface area is 70.8 Å². The van der Waals surface area contributed by atoms with Crippen molar-refractivity contribution >= 4 is 0 Å². The normalized spacial score (nSPS) is 10.2. The van der Waals surface area contributed by atoms with Crippen LogP contribution in [0.5, 0.6) is 0 Å². The first kappa shape index (κ1) is 9.15. The minimum absolute atomic E-state index is 0.416. The van der Waals surface area contributed by atoms with E-state index in [1.165, 1.54) is 0 Å². The zero-order chi connectivity index (χ0) is 8.81. The second-order valence-corrected chi connectivity index (χ2v) is 2.49. The third-order valence-electron chi connectivity index (χ3n) is 1.56. The highest BCUT2D eigenvalue weighted by Crippen LogP contribution is 2.04. The summed E-state index contributed by atoms with van der Waals surface area (Å²) in [7, 11) is 0. The molecule has 0 unspecified atom stereocenters. The van der Waals surface area contributed by atoms with Crippen molar-refractivity contribution in [2.45, 2.75) is 13.1 Å². The fraction of sp³-hybridized carbons (Fsp3) is 0.250. The van der Waals surface area contributed by atoms with E-state index >= 15 is 0 Å². The lowest BCUT2D eigenvalue weighted by molar-refractivity contribution is 0.159. The molecule has 0 fully saturated rings. The Bertz CT molecular complexity index is 219. The summed E-state index contributed by atoms with van der Waals surface area (Å²) >= 11 is 0. The van der Waals surface area contributed by atoms with Gasteiger partial charge < -0.3 is 10.4 Å². The first-order valence-electron chi connectivity index (χ1n) is 3.68. The predicted octanol–water partition coefficient (Wildman–Crippen LogP) is 0.644. The lowest BCUT2D eigenvalue weighted by Crippen LogP contribution is -2.09. The van der Waals surface area contributed by atoms with Crippen LogP contribution in [0.2, 0.25) is 0 Å². The van der Waals surface area contributed by atoms with Crippen molar-refractivity contribution in [1.29, 1.82) is 0 Å². The molecule has 0 aliphatic heterocycles. The van der Waals surface area contributed by atoms with Crippen LogP contribution >= 0.6 is 0 Å². The SMILES string of the molecule is ONCc1cccc(CNO)c1. The van der Waals surface area contributed by atoms with E-state index in [4.69, 9.17) is 10.4 Å². The van der Waals surface area contributed by atoms with Crippen LogP contribution in [0.15, 0.2) is 24.3 Å². The minimum atomic E-state index is 0.416. The van der Waals surface area contributed by atoms with Gasteiger partial charge in [-0.2, -0.15) is 0 Å². The molecule has 0 spiro atoms. The monoisotopic (exact) mass is 168 g/mol. The van der Waals surface area contributed by atoms with Gasteiger partial charge in [0.25, 0.3) is 0 Å². The highest BCUT2D eigenvalue weighted by Gasteiger charge is 1.93. The Morgan fingerprint density at radius 1 is 1.00 bits per heavy atom. The van der Waals surface area contributed by atoms with Crippen LogP contribution in [-0.4, -0.2) is 10.4 Å². The largest absolute Gasteiger partial charge is 0.316 e. The van der Waals surface area contributed by atoms with E-state index in [-0.39, 0.29) is 0 Å². The van der Waals surface area contributed by atoms with Gasteiger partial charge >= 0.3 is 0 Å². The van der Waals surface area contributed by atoms with Crippen molar-refractivity contribution in [3.63, 3.8) is 0 Å². The molecule has 4 nitrogen and oxygen atoms in total. The molecule has 1 rings (SSSR count). The fourth-order valence-corrected chi connectivity index (χ4v) is 1.03. The Hall–Kier alpha value is -0.940. The fourth-order valence-electron chi connectivity index (χ4n) is 1.03. The summed E-state index contributed by atoms with van der Waals surface area (Å²) in [6.45, 7) is 0.832. The van der Waals surface area contributed by atoms with Crippen LogP contribution < -0.4 is 11.0 Å². The van der Waals surface area contributed by atoms with Gasteiger partial charge in [0.2, 0.25) is 0 Å². The molecule has 0 aliphatic carbocycles. The first-order valence-corrected chi connectivity index (χ1v) is 3.68. The summed E-state index contributed by atoms with van der Waals surface area (Å²) in [5.74, 6) is 0. The molecule has 0 aliphatic rings. The summed E-state index contributed by atoms with van der Waals surface area (Å²) in [4.78, 5) is 0. The topological polar surface area (TPSA) is 64.5 Å². The van der Waals surface area contributed by atoms with Crippen LogP contribution in [0.1, 0.15) is 11.1 Å². The minimum Gasteiger partial charge on any atom is -0.316 e. The average Bonchev–Trinajstić information content (AvgIpc) is 2.06. The maximum atomic E-state index is 8.43. The summed E-state index contributed by atoms with van der Waals surface area (Å²) in [5.41, 5.74) is 6.09. The molecule has 0 aromatic heterocycles. The molecule has 0 atom stereocenters. The zero-order valence-electron chi connectivity index (χ0n) is 6.62. The Morgan fingerprint density at radius 3 is 1.92 bits per heavy atom. The van der Waals surface area contributed by atoms with Crippen molar-refractivity contribution in [3.8, 4) is 0 Å². The number of hydrogen-bond acceptors (Lipinski definition) is 4. The standard InChI is InChI=1S/C8H12N2O2/c11-9-5-7-2-1-3-8(4-7)6-10-12/h1-4,9-12H,5-6H2. The maximum absolute atomic E-state index is 8.43. The molecular weight excluding hydrogens is 156 g/mol. The van der Waals surface area contributed by atoms with Gasteiger partial charge in [-0.3, -0.25) is 0 Å². The highest BCUT2D eigenvalue weighted by atomic mass is 16.5. The Morgan fingerprint density at radius 2 is 1.50 bits per heavy atom. The second-order valence-electron chi connectivity index (χ2n) is 2.49. The van der Waals surface area contributed by atoms with Gasteiger partial charge in [0, 0.05) is 13.1 Å². The van der Waals surface area contributed by atoms with Crippen molar-refractivity contribution < 1.29 is 10.4 Å². The van der Waals surface area contributed by atoms with Gasteiger partial charge in [0.05, 0.1) is 0 Å². The quantitative estimate of drug-likeness (QED) is 0.498. The predicted molar refractivity (Wildman–Crippen MR) is 43.7 cm³/mol. The summed E-state index contributed by atoms with van der Waals surface area (Å²) in [6.07, 6.45) is 0. The molecule has 1 aromatic rings. The molecule has 4 heteroatoms. The molecule has 12 heavy (non-hydrogen) atoms. The third-order valence-corrected chi connectivity index (χ3v) is 1.56. The number of hydroxylamine groups is 2. The highest BCUT2D eigenvalue weighted by molar-refractivity contribution is 5.22. The maximum Gasteiger partial charge on any atom is 0.0458 e. The molecule has 0 heterocycles. The summed E-state index contributed by atoms with van der Waals surface area (Å²) in [5, 5.41) is 16.9. The van der Waals surface area contributed by atoms with E-state index in [1.54, 1.807) is 0 Å². The van der Waals surface area contributed by atoms with Gasteiger partial charge in [-0.25, -0.2) is 11.0 Å². The van der Waals surface area contributed by atoms with Crippen molar-refractivity contribution in [2.24, 2.45) is 0 Å². The first-order chi connectivity index (χ1) is 5.86. The summed E-state index contributed by atoms with van der Waals surface area (Å²) in [6, 6.07) is 7.56. The molecule has 0 amide bonds. The van der Waals surface area contributed by atoms with Crippen LogP contribution in [0, 0.1) is 0 Å². The number of benzene rings is 1. The zero-order valence-corrected chi connectivity index (χ0v) is 6.62. The van der Waals surface area contributed by atoms with Gasteiger partial charge in [0.1, 0.15) is 0 Å². The Balaban J connectivity index is 2.67. The van der Waals surface area contributed by atoms with E-state index in [0.717, 1.165) is 11.1 Å². The molecule has 0 bridgehead atoms. The smallest absolute Gasteiger partial charge is 0.0458 e. The lowest BCUT2D eigenvalue weighted by Gasteiger charge is -2.02.